The predicted molar refractivity (Wildman–Crippen MR) is 69.9 cm³/mol. The number of amidine groups is 1. The summed E-state index contributed by atoms with van der Waals surface area (Å²) in [5.41, 5.74) is 5.55. The highest BCUT2D eigenvalue weighted by molar-refractivity contribution is 5.77. The van der Waals surface area contributed by atoms with Crippen molar-refractivity contribution in [1.82, 2.24) is 4.90 Å². The SMILES string of the molecule is CCCC1CCCCN1C(CC)CC(=N)N. The van der Waals surface area contributed by atoms with Crippen molar-refractivity contribution in [3.63, 3.8) is 0 Å². The van der Waals surface area contributed by atoms with Gasteiger partial charge in [0.05, 0.1) is 5.84 Å². The predicted octanol–water partition coefficient (Wildman–Crippen LogP) is 2.75. The Labute approximate surface area is 99.9 Å². The van der Waals surface area contributed by atoms with Gasteiger partial charge in [0.2, 0.25) is 0 Å². The van der Waals surface area contributed by atoms with Gasteiger partial charge in [-0.15, -0.1) is 0 Å². The molecular weight excluding hydrogens is 198 g/mol. The Hall–Kier alpha value is -0.570. The van der Waals surface area contributed by atoms with Gasteiger partial charge >= 0.3 is 0 Å². The Morgan fingerprint density at radius 3 is 2.75 bits per heavy atom. The van der Waals surface area contributed by atoms with E-state index in [1.807, 2.05) is 0 Å². The molecule has 0 amide bonds. The summed E-state index contributed by atoms with van der Waals surface area (Å²) < 4.78 is 0. The number of nitrogens with zero attached hydrogens (tertiary/aromatic N) is 1. The molecule has 1 aliphatic heterocycles. The molecule has 0 aliphatic carbocycles. The molecule has 2 atom stereocenters. The van der Waals surface area contributed by atoms with E-state index in [4.69, 9.17) is 11.1 Å². The molecule has 16 heavy (non-hydrogen) atoms. The lowest BCUT2D eigenvalue weighted by molar-refractivity contribution is 0.0885. The summed E-state index contributed by atoms with van der Waals surface area (Å²) in [4.78, 5) is 2.62. The number of nitrogens with one attached hydrogen (secondary N) is 1. The van der Waals surface area contributed by atoms with E-state index >= 15 is 0 Å². The number of rotatable bonds is 6. The molecule has 2 unspecified atom stereocenters. The van der Waals surface area contributed by atoms with Crippen LogP contribution in [0.1, 0.15) is 58.8 Å². The first kappa shape index (κ1) is 13.5. The summed E-state index contributed by atoms with van der Waals surface area (Å²) in [6.07, 6.45) is 8.44. The standard InChI is InChI=1S/C13H27N3/c1-3-7-12-8-5-6-9-16(12)11(4-2)10-13(14)15/h11-12H,3-10H2,1-2H3,(H3,14,15). The van der Waals surface area contributed by atoms with Gasteiger partial charge in [0, 0.05) is 18.5 Å². The van der Waals surface area contributed by atoms with Crippen LogP contribution in [0.5, 0.6) is 0 Å². The second-order valence-electron chi connectivity index (χ2n) is 4.97. The van der Waals surface area contributed by atoms with Crippen LogP contribution in [0, 0.1) is 5.41 Å². The lowest BCUT2D eigenvalue weighted by Crippen LogP contribution is -2.47. The fraction of sp³-hybridized carbons (Fsp3) is 0.923. The van der Waals surface area contributed by atoms with E-state index in [2.05, 4.69) is 18.7 Å². The largest absolute Gasteiger partial charge is 0.388 e. The Bertz CT molecular complexity index is 213. The van der Waals surface area contributed by atoms with E-state index in [0.29, 0.717) is 11.9 Å². The van der Waals surface area contributed by atoms with E-state index in [1.54, 1.807) is 0 Å². The van der Waals surface area contributed by atoms with Crippen LogP contribution in [-0.2, 0) is 0 Å². The molecule has 0 aromatic rings. The van der Waals surface area contributed by atoms with Crippen molar-refractivity contribution in [2.75, 3.05) is 6.54 Å². The molecular formula is C13H27N3. The summed E-state index contributed by atoms with van der Waals surface area (Å²) in [5.74, 6) is 0.340. The fourth-order valence-electron chi connectivity index (χ4n) is 2.90. The summed E-state index contributed by atoms with van der Waals surface area (Å²) >= 11 is 0. The second-order valence-corrected chi connectivity index (χ2v) is 4.97. The summed E-state index contributed by atoms with van der Waals surface area (Å²) in [6, 6.07) is 1.23. The lowest BCUT2D eigenvalue weighted by atomic mass is 9.94. The molecule has 1 rings (SSSR count). The molecule has 1 aliphatic rings. The Balaban J connectivity index is 2.59. The van der Waals surface area contributed by atoms with E-state index in [1.165, 1.54) is 38.6 Å². The van der Waals surface area contributed by atoms with Crippen molar-refractivity contribution in [3.8, 4) is 0 Å². The average molecular weight is 225 g/mol. The maximum absolute atomic E-state index is 7.47. The van der Waals surface area contributed by atoms with Gasteiger partial charge in [-0.05, 0) is 32.2 Å². The normalized spacial score (nSPS) is 24.2. The molecule has 0 spiro atoms. The van der Waals surface area contributed by atoms with Crippen molar-refractivity contribution < 1.29 is 0 Å². The van der Waals surface area contributed by atoms with Crippen LogP contribution in [0.3, 0.4) is 0 Å². The number of piperidine rings is 1. The van der Waals surface area contributed by atoms with Gasteiger partial charge in [-0.1, -0.05) is 26.7 Å². The van der Waals surface area contributed by atoms with Crippen LogP contribution in [0.15, 0.2) is 0 Å². The molecule has 0 saturated carbocycles. The molecule has 1 heterocycles. The van der Waals surface area contributed by atoms with Crippen molar-refractivity contribution >= 4 is 5.84 Å². The number of likely N-dealkylation sites (tertiary alicyclic amines) is 1. The highest BCUT2D eigenvalue weighted by Gasteiger charge is 2.27. The topological polar surface area (TPSA) is 53.1 Å². The highest BCUT2D eigenvalue weighted by Crippen LogP contribution is 2.25. The molecule has 0 bridgehead atoms. The third kappa shape index (κ3) is 3.78. The van der Waals surface area contributed by atoms with Crippen molar-refractivity contribution in [2.24, 2.45) is 5.73 Å². The number of hydrogen-bond donors (Lipinski definition) is 2. The van der Waals surface area contributed by atoms with Crippen LogP contribution in [0.4, 0.5) is 0 Å². The molecule has 0 aromatic carbocycles. The molecule has 3 nitrogen and oxygen atoms in total. The fourth-order valence-corrected chi connectivity index (χ4v) is 2.90. The monoisotopic (exact) mass is 225 g/mol. The van der Waals surface area contributed by atoms with Crippen molar-refractivity contribution in [1.29, 1.82) is 5.41 Å². The minimum absolute atomic E-state index is 0.340. The minimum Gasteiger partial charge on any atom is -0.388 e. The van der Waals surface area contributed by atoms with Gasteiger partial charge in [-0.25, -0.2) is 0 Å². The van der Waals surface area contributed by atoms with Crippen LogP contribution in [-0.4, -0.2) is 29.4 Å². The van der Waals surface area contributed by atoms with E-state index in [-0.39, 0.29) is 0 Å². The second kappa shape index (κ2) is 6.89. The zero-order valence-corrected chi connectivity index (χ0v) is 10.8. The Morgan fingerprint density at radius 1 is 1.44 bits per heavy atom. The lowest BCUT2D eigenvalue weighted by Gasteiger charge is -2.41. The zero-order chi connectivity index (χ0) is 12.0. The van der Waals surface area contributed by atoms with Gasteiger partial charge in [0.25, 0.3) is 0 Å². The van der Waals surface area contributed by atoms with E-state index < -0.39 is 0 Å². The maximum Gasteiger partial charge on any atom is 0.0921 e. The smallest absolute Gasteiger partial charge is 0.0921 e. The van der Waals surface area contributed by atoms with Crippen LogP contribution in [0.2, 0.25) is 0 Å². The van der Waals surface area contributed by atoms with E-state index in [9.17, 15) is 0 Å². The van der Waals surface area contributed by atoms with Gasteiger partial charge in [0.1, 0.15) is 0 Å². The zero-order valence-electron chi connectivity index (χ0n) is 10.8. The van der Waals surface area contributed by atoms with Crippen LogP contribution in [0.25, 0.3) is 0 Å². The molecule has 0 radical (unpaired) electrons. The Morgan fingerprint density at radius 2 is 2.19 bits per heavy atom. The highest BCUT2D eigenvalue weighted by atomic mass is 15.2. The maximum atomic E-state index is 7.47. The number of nitrogens with two attached hydrogens (primary N) is 1. The first-order chi connectivity index (χ1) is 7.69. The number of hydrogen-bond acceptors (Lipinski definition) is 2. The van der Waals surface area contributed by atoms with Gasteiger partial charge in [0.15, 0.2) is 0 Å². The quantitative estimate of drug-likeness (QED) is 0.539. The van der Waals surface area contributed by atoms with Gasteiger partial charge in [-0.2, -0.15) is 0 Å². The molecule has 1 fully saturated rings. The third-order valence-corrected chi connectivity index (χ3v) is 3.69. The summed E-state index contributed by atoms with van der Waals surface area (Å²) in [5, 5.41) is 7.47. The van der Waals surface area contributed by atoms with Gasteiger partial charge < -0.3 is 5.73 Å². The molecule has 94 valence electrons. The van der Waals surface area contributed by atoms with Crippen LogP contribution < -0.4 is 5.73 Å². The van der Waals surface area contributed by atoms with E-state index in [0.717, 1.165) is 18.9 Å². The third-order valence-electron chi connectivity index (χ3n) is 3.69. The van der Waals surface area contributed by atoms with Crippen molar-refractivity contribution in [2.45, 2.75) is 70.9 Å². The molecule has 3 N–H and O–H groups in total. The first-order valence-corrected chi connectivity index (χ1v) is 6.77. The molecule has 3 heteroatoms. The van der Waals surface area contributed by atoms with Crippen molar-refractivity contribution in [3.05, 3.63) is 0 Å². The first-order valence-electron chi connectivity index (χ1n) is 6.77. The molecule has 0 aromatic heterocycles. The Kier molecular flexibility index (Phi) is 5.81. The average Bonchev–Trinajstić information content (AvgIpc) is 2.27. The van der Waals surface area contributed by atoms with Gasteiger partial charge in [-0.3, -0.25) is 10.3 Å². The summed E-state index contributed by atoms with van der Waals surface area (Å²) in [7, 11) is 0. The minimum atomic E-state index is 0.340. The van der Waals surface area contributed by atoms with Crippen LogP contribution >= 0.6 is 0 Å². The molecule has 1 saturated heterocycles. The summed E-state index contributed by atoms with van der Waals surface area (Å²) in [6.45, 7) is 5.68.